The second-order valence-corrected chi connectivity index (χ2v) is 4.67. The van der Waals surface area contributed by atoms with Crippen LogP contribution in [0.1, 0.15) is 18.4 Å². The SMILES string of the molecule is NC(=O)OC1CCCN(c2ncc(C(F)(F)F)cc2F)C1. The normalized spacial score (nSPS) is 19.4. The summed E-state index contributed by atoms with van der Waals surface area (Å²) in [6, 6.07) is 0.404. The topological polar surface area (TPSA) is 68.5 Å². The van der Waals surface area contributed by atoms with Crippen LogP contribution in [0.15, 0.2) is 12.3 Å². The number of primary amides is 1. The molecule has 0 saturated carbocycles. The Balaban J connectivity index is 2.16. The second-order valence-electron chi connectivity index (χ2n) is 4.67. The fourth-order valence-corrected chi connectivity index (χ4v) is 2.21. The van der Waals surface area contributed by atoms with Crippen LogP contribution in [0.5, 0.6) is 0 Å². The van der Waals surface area contributed by atoms with Gasteiger partial charge in [0.05, 0.1) is 12.1 Å². The van der Waals surface area contributed by atoms with Crippen molar-refractivity contribution >= 4 is 11.9 Å². The maximum absolute atomic E-state index is 13.8. The molecule has 1 aromatic rings. The number of piperidine rings is 1. The maximum Gasteiger partial charge on any atom is 0.417 e. The van der Waals surface area contributed by atoms with E-state index in [2.05, 4.69) is 4.98 Å². The van der Waals surface area contributed by atoms with Crippen LogP contribution in [0.2, 0.25) is 0 Å². The largest absolute Gasteiger partial charge is 0.445 e. The predicted molar refractivity (Wildman–Crippen MR) is 65.1 cm³/mol. The van der Waals surface area contributed by atoms with Crippen LogP contribution in [0.3, 0.4) is 0 Å². The number of carbonyl (C=O) groups excluding carboxylic acids is 1. The molecule has 0 radical (unpaired) electrons. The number of nitrogens with two attached hydrogens (primary N) is 1. The van der Waals surface area contributed by atoms with Crippen molar-refractivity contribution in [3.05, 3.63) is 23.6 Å². The van der Waals surface area contributed by atoms with Gasteiger partial charge in [0.15, 0.2) is 11.6 Å². The zero-order chi connectivity index (χ0) is 15.6. The van der Waals surface area contributed by atoms with E-state index in [1.54, 1.807) is 0 Å². The van der Waals surface area contributed by atoms with E-state index in [-0.39, 0.29) is 12.4 Å². The average molecular weight is 307 g/mol. The highest BCUT2D eigenvalue weighted by Crippen LogP contribution is 2.31. The van der Waals surface area contributed by atoms with Gasteiger partial charge in [-0.25, -0.2) is 14.2 Å². The average Bonchev–Trinajstić information content (AvgIpc) is 2.37. The molecule has 2 N–H and O–H groups in total. The second kappa shape index (κ2) is 5.74. The maximum atomic E-state index is 13.8. The molecule has 1 atom stereocenters. The number of pyridine rings is 1. The van der Waals surface area contributed by atoms with E-state index >= 15 is 0 Å². The quantitative estimate of drug-likeness (QED) is 0.851. The number of hydrogen-bond donors (Lipinski definition) is 1. The molecule has 1 aliphatic rings. The molecular formula is C12H13F4N3O2. The summed E-state index contributed by atoms with van der Waals surface area (Å²) in [6.07, 6.45) is -4.40. The van der Waals surface area contributed by atoms with Crippen LogP contribution in [-0.2, 0) is 10.9 Å². The summed E-state index contributed by atoms with van der Waals surface area (Å²) in [4.78, 5) is 15.7. The van der Waals surface area contributed by atoms with Crippen molar-refractivity contribution in [2.45, 2.75) is 25.1 Å². The van der Waals surface area contributed by atoms with Gasteiger partial charge in [0.2, 0.25) is 0 Å². The Morgan fingerprint density at radius 2 is 2.19 bits per heavy atom. The van der Waals surface area contributed by atoms with Crippen molar-refractivity contribution in [1.82, 2.24) is 4.98 Å². The standard InChI is InChI=1S/C12H13F4N3O2/c13-9-4-7(12(14,15)16)5-18-10(9)19-3-1-2-8(6-19)21-11(17)20/h4-5,8H,1-3,6H2,(H2,17,20). The predicted octanol–water partition coefficient (Wildman–Crippen LogP) is 2.30. The monoisotopic (exact) mass is 307 g/mol. The Morgan fingerprint density at radius 1 is 1.48 bits per heavy atom. The molecule has 116 valence electrons. The van der Waals surface area contributed by atoms with E-state index in [1.807, 2.05) is 0 Å². The van der Waals surface area contributed by atoms with Gasteiger partial charge >= 0.3 is 12.3 Å². The smallest absolute Gasteiger partial charge is 0.417 e. The Bertz CT molecular complexity index is 536. The number of carbonyl (C=O) groups is 1. The van der Waals surface area contributed by atoms with Crippen LogP contribution in [-0.4, -0.2) is 30.3 Å². The van der Waals surface area contributed by atoms with Gasteiger partial charge in [-0.1, -0.05) is 0 Å². The van der Waals surface area contributed by atoms with E-state index in [4.69, 9.17) is 10.5 Å². The van der Waals surface area contributed by atoms with E-state index in [0.717, 1.165) is 0 Å². The van der Waals surface area contributed by atoms with Gasteiger partial charge in [-0.3, -0.25) is 0 Å². The first-order valence-electron chi connectivity index (χ1n) is 6.21. The number of nitrogens with zero attached hydrogens (tertiary/aromatic N) is 2. The number of hydrogen-bond acceptors (Lipinski definition) is 4. The van der Waals surface area contributed by atoms with Crippen LogP contribution < -0.4 is 10.6 Å². The summed E-state index contributed by atoms with van der Waals surface area (Å²) < 4.78 is 56.0. The molecule has 1 aliphatic heterocycles. The molecule has 1 aromatic heterocycles. The number of amides is 1. The highest BCUT2D eigenvalue weighted by molar-refractivity contribution is 5.65. The number of alkyl halides is 3. The molecule has 5 nitrogen and oxygen atoms in total. The molecule has 0 aliphatic carbocycles. The summed E-state index contributed by atoms with van der Waals surface area (Å²) >= 11 is 0. The minimum atomic E-state index is -4.65. The molecule has 2 heterocycles. The van der Waals surface area contributed by atoms with Gasteiger partial charge in [-0.2, -0.15) is 13.2 Å². The molecule has 1 saturated heterocycles. The molecule has 1 fully saturated rings. The lowest BCUT2D eigenvalue weighted by atomic mass is 10.1. The Labute approximate surface area is 117 Å². The Hall–Kier alpha value is -2.06. The molecule has 1 amide bonds. The van der Waals surface area contributed by atoms with E-state index in [1.165, 1.54) is 4.90 Å². The van der Waals surface area contributed by atoms with E-state index in [0.29, 0.717) is 31.6 Å². The highest BCUT2D eigenvalue weighted by atomic mass is 19.4. The van der Waals surface area contributed by atoms with Crippen molar-refractivity contribution in [3.8, 4) is 0 Å². The van der Waals surface area contributed by atoms with Crippen molar-refractivity contribution in [2.24, 2.45) is 5.73 Å². The minimum Gasteiger partial charge on any atom is -0.445 e. The Kier molecular flexibility index (Phi) is 4.19. The first kappa shape index (κ1) is 15.3. The lowest BCUT2D eigenvalue weighted by Gasteiger charge is -2.33. The lowest BCUT2D eigenvalue weighted by molar-refractivity contribution is -0.138. The molecule has 1 unspecified atom stereocenters. The van der Waals surface area contributed by atoms with Gasteiger partial charge in [-0.05, 0) is 18.9 Å². The number of anilines is 1. The molecule has 0 aromatic carbocycles. The number of aromatic nitrogens is 1. The third-order valence-corrected chi connectivity index (χ3v) is 3.11. The molecular weight excluding hydrogens is 294 g/mol. The van der Waals surface area contributed by atoms with Crippen LogP contribution in [0.4, 0.5) is 28.2 Å². The first-order chi connectivity index (χ1) is 9.77. The summed E-state index contributed by atoms with van der Waals surface area (Å²) in [7, 11) is 0. The fourth-order valence-electron chi connectivity index (χ4n) is 2.21. The van der Waals surface area contributed by atoms with Crippen molar-refractivity contribution in [1.29, 1.82) is 0 Å². The third kappa shape index (κ3) is 3.73. The number of halogens is 4. The third-order valence-electron chi connectivity index (χ3n) is 3.11. The van der Waals surface area contributed by atoms with E-state index < -0.39 is 29.8 Å². The van der Waals surface area contributed by atoms with Crippen molar-refractivity contribution < 1.29 is 27.1 Å². The van der Waals surface area contributed by atoms with Gasteiger partial charge in [-0.15, -0.1) is 0 Å². The number of rotatable bonds is 2. The van der Waals surface area contributed by atoms with Crippen molar-refractivity contribution in [3.63, 3.8) is 0 Å². The van der Waals surface area contributed by atoms with Gasteiger partial charge in [0.1, 0.15) is 6.10 Å². The summed E-state index contributed by atoms with van der Waals surface area (Å²) in [5, 5.41) is 0. The lowest BCUT2D eigenvalue weighted by Crippen LogP contribution is -2.42. The Morgan fingerprint density at radius 3 is 2.76 bits per heavy atom. The minimum absolute atomic E-state index is 0.137. The molecule has 21 heavy (non-hydrogen) atoms. The summed E-state index contributed by atoms with van der Waals surface area (Å²) in [5.41, 5.74) is 3.76. The fraction of sp³-hybridized carbons (Fsp3) is 0.500. The summed E-state index contributed by atoms with van der Waals surface area (Å²) in [5.74, 6) is -1.26. The van der Waals surface area contributed by atoms with Crippen LogP contribution in [0, 0.1) is 5.82 Å². The highest BCUT2D eigenvalue weighted by Gasteiger charge is 2.33. The zero-order valence-electron chi connectivity index (χ0n) is 10.9. The van der Waals surface area contributed by atoms with Gasteiger partial charge in [0.25, 0.3) is 0 Å². The van der Waals surface area contributed by atoms with E-state index in [9.17, 15) is 22.4 Å². The van der Waals surface area contributed by atoms with Crippen LogP contribution >= 0.6 is 0 Å². The summed E-state index contributed by atoms with van der Waals surface area (Å²) in [6.45, 7) is 0.548. The van der Waals surface area contributed by atoms with Gasteiger partial charge < -0.3 is 15.4 Å². The van der Waals surface area contributed by atoms with Gasteiger partial charge in [0, 0.05) is 12.7 Å². The molecule has 9 heteroatoms. The van der Waals surface area contributed by atoms with Crippen LogP contribution in [0.25, 0.3) is 0 Å². The molecule has 0 bridgehead atoms. The van der Waals surface area contributed by atoms with Crippen molar-refractivity contribution in [2.75, 3.05) is 18.0 Å². The molecule has 2 rings (SSSR count). The molecule has 0 spiro atoms. The zero-order valence-corrected chi connectivity index (χ0v) is 10.9. The number of ether oxygens (including phenoxy) is 1. The first-order valence-corrected chi connectivity index (χ1v) is 6.21.